The van der Waals surface area contributed by atoms with E-state index in [2.05, 4.69) is 10.6 Å². The summed E-state index contributed by atoms with van der Waals surface area (Å²) in [5, 5.41) is 5.07. The molecule has 0 saturated carbocycles. The monoisotopic (exact) mass is 264 g/mol. The van der Waals surface area contributed by atoms with Crippen LogP contribution in [0.4, 0.5) is 9.18 Å². The van der Waals surface area contributed by atoms with Gasteiger partial charge in [0.2, 0.25) is 0 Å². The van der Waals surface area contributed by atoms with Crippen molar-refractivity contribution in [3.63, 3.8) is 0 Å². The van der Waals surface area contributed by atoms with Gasteiger partial charge in [0.15, 0.2) is 0 Å². The van der Waals surface area contributed by atoms with Crippen LogP contribution in [0.15, 0.2) is 35.5 Å². The Hall–Kier alpha value is -2.37. The number of amides is 2. The number of halogens is 1. The molecule has 1 heterocycles. The van der Waals surface area contributed by atoms with E-state index in [0.717, 1.165) is 0 Å². The van der Waals surface area contributed by atoms with Gasteiger partial charge in [0.1, 0.15) is 5.82 Å². The van der Waals surface area contributed by atoms with E-state index in [1.54, 1.807) is 13.0 Å². The van der Waals surface area contributed by atoms with Gasteiger partial charge in [-0.1, -0.05) is 12.1 Å². The Labute approximate surface area is 109 Å². The van der Waals surface area contributed by atoms with Crippen LogP contribution in [0.5, 0.6) is 0 Å². The van der Waals surface area contributed by atoms with Crippen LogP contribution in [0.25, 0.3) is 0 Å². The molecule has 0 aromatic heterocycles. The second-order valence-corrected chi connectivity index (χ2v) is 4.12. The van der Waals surface area contributed by atoms with Crippen molar-refractivity contribution in [2.75, 3.05) is 7.11 Å². The van der Waals surface area contributed by atoms with Gasteiger partial charge in [-0.05, 0) is 24.6 Å². The first-order chi connectivity index (χ1) is 9.02. The summed E-state index contributed by atoms with van der Waals surface area (Å²) >= 11 is 0. The Morgan fingerprint density at radius 1 is 1.42 bits per heavy atom. The summed E-state index contributed by atoms with van der Waals surface area (Å²) < 4.78 is 18.0. The number of rotatable bonds is 2. The molecule has 1 aliphatic heterocycles. The Morgan fingerprint density at radius 3 is 2.79 bits per heavy atom. The van der Waals surface area contributed by atoms with E-state index in [1.807, 2.05) is 0 Å². The number of allylic oxidation sites excluding steroid dienone is 1. The quantitative estimate of drug-likeness (QED) is 0.798. The summed E-state index contributed by atoms with van der Waals surface area (Å²) in [6, 6.07) is 4.54. The summed E-state index contributed by atoms with van der Waals surface area (Å²) in [6.45, 7) is 1.59. The molecule has 19 heavy (non-hydrogen) atoms. The average Bonchev–Trinajstić information content (AvgIpc) is 2.37. The summed E-state index contributed by atoms with van der Waals surface area (Å²) in [7, 11) is 1.25. The van der Waals surface area contributed by atoms with E-state index in [1.165, 1.54) is 25.3 Å². The maximum atomic E-state index is 13.3. The zero-order chi connectivity index (χ0) is 14.0. The first kappa shape index (κ1) is 13.1. The molecule has 100 valence electrons. The molecule has 0 fully saturated rings. The van der Waals surface area contributed by atoms with E-state index in [9.17, 15) is 14.0 Å². The largest absolute Gasteiger partial charge is 0.466 e. The lowest BCUT2D eigenvalue weighted by Crippen LogP contribution is -2.45. The van der Waals surface area contributed by atoms with Gasteiger partial charge in [0.05, 0.1) is 18.7 Å². The second kappa shape index (κ2) is 5.09. The molecule has 5 nitrogen and oxygen atoms in total. The summed E-state index contributed by atoms with van der Waals surface area (Å²) in [5.41, 5.74) is 1.13. The molecule has 0 spiro atoms. The number of esters is 1. The van der Waals surface area contributed by atoms with Crippen molar-refractivity contribution < 1.29 is 18.7 Å². The fourth-order valence-corrected chi connectivity index (χ4v) is 2.01. The topological polar surface area (TPSA) is 67.4 Å². The Balaban J connectivity index is 2.49. The molecule has 1 atom stereocenters. The van der Waals surface area contributed by atoms with Crippen molar-refractivity contribution >= 4 is 12.0 Å². The van der Waals surface area contributed by atoms with Crippen LogP contribution in [-0.2, 0) is 9.53 Å². The highest BCUT2D eigenvalue weighted by atomic mass is 19.1. The second-order valence-electron chi connectivity index (χ2n) is 4.12. The van der Waals surface area contributed by atoms with Crippen molar-refractivity contribution in [1.82, 2.24) is 10.6 Å². The zero-order valence-electron chi connectivity index (χ0n) is 10.5. The molecule has 0 saturated heterocycles. The fraction of sp³-hybridized carbons (Fsp3) is 0.231. The van der Waals surface area contributed by atoms with Crippen LogP contribution in [0.1, 0.15) is 18.5 Å². The first-order valence-electron chi connectivity index (χ1n) is 5.65. The molecular formula is C13H13FN2O3. The van der Waals surface area contributed by atoms with Gasteiger partial charge < -0.3 is 15.4 Å². The molecule has 1 aromatic carbocycles. The lowest BCUT2D eigenvalue weighted by atomic mass is 9.95. The number of carbonyl (C=O) groups excluding carboxylic acids is 2. The van der Waals surface area contributed by atoms with Gasteiger partial charge in [0.25, 0.3) is 0 Å². The minimum atomic E-state index is -0.725. The molecule has 2 N–H and O–H groups in total. The minimum absolute atomic E-state index is 0.257. The maximum absolute atomic E-state index is 13.3. The average molecular weight is 264 g/mol. The summed E-state index contributed by atoms with van der Waals surface area (Å²) in [4.78, 5) is 23.3. The molecule has 0 unspecified atom stereocenters. The third-order valence-corrected chi connectivity index (χ3v) is 2.86. The number of benzene rings is 1. The molecule has 0 radical (unpaired) electrons. The highest BCUT2D eigenvalue weighted by Crippen LogP contribution is 2.27. The van der Waals surface area contributed by atoms with Crippen LogP contribution >= 0.6 is 0 Å². The molecule has 2 amide bonds. The molecule has 0 bridgehead atoms. The van der Waals surface area contributed by atoms with Gasteiger partial charge in [-0.25, -0.2) is 14.0 Å². The van der Waals surface area contributed by atoms with Crippen LogP contribution in [0.2, 0.25) is 0 Å². The van der Waals surface area contributed by atoms with Gasteiger partial charge >= 0.3 is 12.0 Å². The van der Waals surface area contributed by atoms with Crippen molar-refractivity contribution in [2.24, 2.45) is 0 Å². The van der Waals surface area contributed by atoms with Crippen LogP contribution in [0, 0.1) is 5.82 Å². The minimum Gasteiger partial charge on any atom is -0.466 e. The highest BCUT2D eigenvalue weighted by Gasteiger charge is 2.31. The van der Waals surface area contributed by atoms with E-state index in [0.29, 0.717) is 11.3 Å². The fourth-order valence-electron chi connectivity index (χ4n) is 2.01. The number of hydrogen-bond acceptors (Lipinski definition) is 3. The maximum Gasteiger partial charge on any atom is 0.337 e. The van der Waals surface area contributed by atoms with Crippen molar-refractivity contribution in [1.29, 1.82) is 0 Å². The molecule has 6 heteroatoms. The number of methoxy groups -OCH3 is 1. The number of hydrogen-bond donors (Lipinski definition) is 2. The highest BCUT2D eigenvalue weighted by molar-refractivity contribution is 5.94. The van der Waals surface area contributed by atoms with E-state index < -0.39 is 23.9 Å². The van der Waals surface area contributed by atoms with Crippen LogP contribution in [0.3, 0.4) is 0 Å². The van der Waals surface area contributed by atoms with Crippen LogP contribution in [-0.4, -0.2) is 19.1 Å². The Kier molecular flexibility index (Phi) is 3.50. The third-order valence-electron chi connectivity index (χ3n) is 2.86. The Morgan fingerprint density at radius 2 is 2.16 bits per heavy atom. The number of urea groups is 1. The summed E-state index contributed by atoms with van der Waals surface area (Å²) in [5.74, 6) is -1.01. The third kappa shape index (κ3) is 2.57. The van der Waals surface area contributed by atoms with Gasteiger partial charge in [-0.15, -0.1) is 0 Å². The lowest BCUT2D eigenvalue weighted by Gasteiger charge is -2.27. The van der Waals surface area contributed by atoms with E-state index >= 15 is 0 Å². The Bertz CT molecular complexity index is 569. The van der Waals surface area contributed by atoms with Gasteiger partial charge in [-0.2, -0.15) is 0 Å². The number of carbonyl (C=O) groups is 2. The lowest BCUT2D eigenvalue weighted by molar-refractivity contribution is -0.136. The molecule has 1 aromatic rings. The molecule has 1 aliphatic rings. The predicted molar refractivity (Wildman–Crippen MR) is 65.5 cm³/mol. The standard InChI is InChI=1S/C13H13FN2O3/c1-7-10(12(17)19-2)11(16-13(18)15-7)8-4-3-5-9(14)6-8/h3-6,11H,1-2H3,(H2,15,16,18)/t11-/m1/s1. The molecule has 2 rings (SSSR count). The van der Waals surface area contributed by atoms with Gasteiger partial charge in [-0.3, -0.25) is 0 Å². The number of ether oxygens (including phenoxy) is 1. The smallest absolute Gasteiger partial charge is 0.337 e. The van der Waals surface area contributed by atoms with Crippen molar-refractivity contribution in [2.45, 2.75) is 13.0 Å². The molecule has 0 aliphatic carbocycles. The number of nitrogens with one attached hydrogen (secondary N) is 2. The van der Waals surface area contributed by atoms with Crippen LogP contribution < -0.4 is 10.6 Å². The van der Waals surface area contributed by atoms with E-state index in [-0.39, 0.29) is 5.57 Å². The van der Waals surface area contributed by atoms with Crippen molar-refractivity contribution in [3.05, 3.63) is 46.9 Å². The first-order valence-corrected chi connectivity index (χ1v) is 5.65. The predicted octanol–water partition coefficient (Wildman–Crippen LogP) is 1.63. The zero-order valence-corrected chi connectivity index (χ0v) is 10.5. The SMILES string of the molecule is COC(=O)C1=C(C)NC(=O)N[C@@H]1c1cccc(F)c1. The summed E-state index contributed by atoms with van der Waals surface area (Å²) in [6.07, 6.45) is 0. The normalized spacial score (nSPS) is 18.7. The van der Waals surface area contributed by atoms with Crippen molar-refractivity contribution in [3.8, 4) is 0 Å². The van der Waals surface area contributed by atoms with E-state index in [4.69, 9.17) is 4.74 Å². The van der Waals surface area contributed by atoms with Gasteiger partial charge in [0, 0.05) is 5.70 Å². The molecular weight excluding hydrogens is 251 g/mol.